The molecule has 5 heteroatoms. The zero-order valence-corrected chi connectivity index (χ0v) is 9.65. The predicted molar refractivity (Wildman–Crippen MR) is 54.8 cm³/mol. The zero-order chi connectivity index (χ0) is 10.7. The fourth-order valence-electron chi connectivity index (χ4n) is 0.957. The van der Waals surface area contributed by atoms with Gasteiger partial charge in [-0.1, -0.05) is 27.5 Å². The summed E-state index contributed by atoms with van der Waals surface area (Å²) in [5.74, 6) is -1.04. The second-order valence-corrected chi connectivity index (χ2v) is 3.92. The first kappa shape index (κ1) is 11.5. The SMILES string of the molecule is COC(=O)Cc1c(F)cc(Br)cc1Cl. The van der Waals surface area contributed by atoms with E-state index in [1.807, 2.05) is 0 Å². The molecular weight excluding hydrogens is 274 g/mol. The lowest BCUT2D eigenvalue weighted by atomic mass is 10.1. The number of carbonyl (C=O) groups excluding carboxylic acids is 1. The van der Waals surface area contributed by atoms with Crippen molar-refractivity contribution >= 4 is 33.5 Å². The molecule has 0 bridgehead atoms. The minimum atomic E-state index is -0.520. The van der Waals surface area contributed by atoms with Crippen LogP contribution in [0.1, 0.15) is 5.56 Å². The number of esters is 1. The Morgan fingerprint density at radius 2 is 2.29 bits per heavy atom. The number of halogens is 3. The first-order chi connectivity index (χ1) is 6.54. The van der Waals surface area contributed by atoms with Crippen molar-refractivity contribution in [3.63, 3.8) is 0 Å². The molecule has 0 aliphatic heterocycles. The Morgan fingerprint density at radius 1 is 1.64 bits per heavy atom. The Bertz CT molecular complexity index is 345. The molecule has 0 saturated heterocycles. The van der Waals surface area contributed by atoms with E-state index >= 15 is 0 Å². The molecule has 0 radical (unpaired) electrons. The van der Waals surface area contributed by atoms with Gasteiger partial charge < -0.3 is 4.74 Å². The van der Waals surface area contributed by atoms with Gasteiger partial charge in [-0.2, -0.15) is 0 Å². The highest BCUT2D eigenvalue weighted by Crippen LogP contribution is 2.25. The van der Waals surface area contributed by atoms with Crippen molar-refractivity contribution in [1.82, 2.24) is 0 Å². The quantitative estimate of drug-likeness (QED) is 0.779. The maximum Gasteiger partial charge on any atom is 0.310 e. The molecule has 0 amide bonds. The van der Waals surface area contributed by atoms with Crippen LogP contribution < -0.4 is 0 Å². The van der Waals surface area contributed by atoms with E-state index < -0.39 is 11.8 Å². The lowest BCUT2D eigenvalue weighted by molar-refractivity contribution is -0.139. The van der Waals surface area contributed by atoms with Gasteiger partial charge in [0, 0.05) is 15.1 Å². The number of benzene rings is 1. The van der Waals surface area contributed by atoms with E-state index in [9.17, 15) is 9.18 Å². The lowest BCUT2D eigenvalue weighted by Crippen LogP contribution is -2.06. The van der Waals surface area contributed by atoms with E-state index in [0.717, 1.165) is 0 Å². The molecule has 0 N–H and O–H groups in total. The summed E-state index contributed by atoms with van der Waals surface area (Å²) in [6, 6.07) is 2.78. The molecule has 0 spiro atoms. The fraction of sp³-hybridized carbons (Fsp3) is 0.222. The van der Waals surface area contributed by atoms with Crippen LogP contribution in [0.15, 0.2) is 16.6 Å². The van der Waals surface area contributed by atoms with Gasteiger partial charge >= 0.3 is 5.97 Å². The number of hydrogen-bond acceptors (Lipinski definition) is 2. The summed E-state index contributed by atoms with van der Waals surface area (Å²) in [6.07, 6.45) is -0.158. The van der Waals surface area contributed by atoms with Crippen molar-refractivity contribution in [3.05, 3.63) is 33.0 Å². The van der Waals surface area contributed by atoms with Crippen LogP contribution in [0.5, 0.6) is 0 Å². The largest absolute Gasteiger partial charge is 0.469 e. The predicted octanol–water partition coefficient (Wildman–Crippen LogP) is 2.96. The van der Waals surface area contributed by atoms with E-state index in [1.54, 1.807) is 0 Å². The van der Waals surface area contributed by atoms with Crippen LogP contribution in [0, 0.1) is 5.82 Å². The molecule has 1 aromatic carbocycles. The molecule has 14 heavy (non-hydrogen) atoms. The van der Waals surface area contributed by atoms with Gasteiger partial charge in [-0.15, -0.1) is 0 Å². The molecule has 76 valence electrons. The first-order valence-corrected chi connectivity index (χ1v) is 4.92. The van der Waals surface area contributed by atoms with Gasteiger partial charge in [-0.05, 0) is 12.1 Å². The molecule has 0 saturated carbocycles. The van der Waals surface area contributed by atoms with Gasteiger partial charge in [-0.3, -0.25) is 4.79 Å². The average Bonchev–Trinajstić information content (AvgIpc) is 2.10. The number of carbonyl (C=O) groups is 1. The Morgan fingerprint density at radius 3 is 2.79 bits per heavy atom. The van der Waals surface area contributed by atoms with Gasteiger partial charge in [0.15, 0.2) is 0 Å². The minimum absolute atomic E-state index is 0.154. The summed E-state index contributed by atoms with van der Waals surface area (Å²) in [6.45, 7) is 0. The maximum atomic E-state index is 13.3. The Labute approximate surface area is 94.1 Å². The second-order valence-electron chi connectivity index (χ2n) is 2.60. The normalized spacial score (nSPS) is 10.0. The third kappa shape index (κ3) is 2.69. The van der Waals surface area contributed by atoms with Crippen LogP contribution in [0.4, 0.5) is 4.39 Å². The lowest BCUT2D eigenvalue weighted by Gasteiger charge is -2.05. The van der Waals surface area contributed by atoms with Crippen LogP contribution in [-0.2, 0) is 16.0 Å². The molecule has 0 aliphatic rings. The van der Waals surface area contributed by atoms with E-state index in [0.29, 0.717) is 4.47 Å². The molecule has 1 rings (SSSR count). The molecule has 0 fully saturated rings. The van der Waals surface area contributed by atoms with Gasteiger partial charge in [0.1, 0.15) is 5.82 Å². The van der Waals surface area contributed by atoms with Crippen LogP contribution in [0.3, 0.4) is 0 Å². The Balaban J connectivity index is 3.02. The standard InChI is InChI=1S/C9H7BrClFO2/c1-14-9(13)4-6-7(11)2-5(10)3-8(6)12/h2-3H,4H2,1H3. The number of rotatable bonds is 2. The highest BCUT2D eigenvalue weighted by molar-refractivity contribution is 9.10. The molecule has 0 aromatic heterocycles. The van der Waals surface area contributed by atoms with Crippen LogP contribution in [0.2, 0.25) is 5.02 Å². The minimum Gasteiger partial charge on any atom is -0.469 e. The summed E-state index contributed by atoms with van der Waals surface area (Å²) in [5.41, 5.74) is 0.154. The van der Waals surface area contributed by atoms with Gasteiger partial charge in [0.05, 0.1) is 13.5 Å². The van der Waals surface area contributed by atoms with Crippen molar-refractivity contribution in [3.8, 4) is 0 Å². The smallest absolute Gasteiger partial charge is 0.310 e. The highest BCUT2D eigenvalue weighted by Gasteiger charge is 2.13. The summed E-state index contributed by atoms with van der Waals surface area (Å²) < 4.78 is 18.2. The van der Waals surface area contributed by atoms with Crippen molar-refractivity contribution in [2.75, 3.05) is 7.11 Å². The topological polar surface area (TPSA) is 26.3 Å². The number of methoxy groups -OCH3 is 1. The monoisotopic (exact) mass is 280 g/mol. The second kappa shape index (κ2) is 4.75. The van der Waals surface area contributed by atoms with E-state index in [2.05, 4.69) is 20.7 Å². The molecule has 2 nitrogen and oxygen atoms in total. The Hall–Kier alpha value is -0.610. The van der Waals surface area contributed by atoms with Crippen LogP contribution >= 0.6 is 27.5 Å². The molecule has 1 aromatic rings. The van der Waals surface area contributed by atoms with E-state index in [4.69, 9.17) is 11.6 Å². The highest BCUT2D eigenvalue weighted by atomic mass is 79.9. The fourth-order valence-corrected chi connectivity index (χ4v) is 1.79. The van der Waals surface area contributed by atoms with Crippen molar-refractivity contribution < 1.29 is 13.9 Å². The third-order valence-electron chi connectivity index (χ3n) is 1.65. The van der Waals surface area contributed by atoms with Gasteiger partial charge in [0.25, 0.3) is 0 Å². The van der Waals surface area contributed by atoms with Crippen molar-refractivity contribution in [1.29, 1.82) is 0 Å². The first-order valence-electron chi connectivity index (χ1n) is 3.75. The molecular formula is C9H7BrClFO2. The average molecular weight is 282 g/mol. The van der Waals surface area contributed by atoms with Crippen molar-refractivity contribution in [2.24, 2.45) is 0 Å². The summed E-state index contributed by atoms with van der Waals surface area (Å²) in [4.78, 5) is 10.9. The van der Waals surface area contributed by atoms with Crippen LogP contribution in [0.25, 0.3) is 0 Å². The van der Waals surface area contributed by atoms with Crippen molar-refractivity contribution in [2.45, 2.75) is 6.42 Å². The van der Waals surface area contributed by atoms with Crippen LogP contribution in [-0.4, -0.2) is 13.1 Å². The van der Waals surface area contributed by atoms with E-state index in [1.165, 1.54) is 19.2 Å². The summed E-state index contributed by atoms with van der Waals surface area (Å²) >= 11 is 8.85. The summed E-state index contributed by atoms with van der Waals surface area (Å²) in [7, 11) is 1.24. The maximum absolute atomic E-state index is 13.3. The Kier molecular flexibility index (Phi) is 3.89. The molecule has 0 aliphatic carbocycles. The molecule has 0 heterocycles. The zero-order valence-electron chi connectivity index (χ0n) is 7.31. The molecule has 0 unspecified atom stereocenters. The number of hydrogen-bond donors (Lipinski definition) is 0. The summed E-state index contributed by atoms with van der Waals surface area (Å²) in [5, 5.41) is 0.210. The molecule has 0 atom stereocenters. The number of ether oxygens (including phenoxy) is 1. The van der Waals surface area contributed by atoms with Gasteiger partial charge in [0.2, 0.25) is 0 Å². The van der Waals surface area contributed by atoms with E-state index in [-0.39, 0.29) is 17.0 Å². The van der Waals surface area contributed by atoms with Gasteiger partial charge in [-0.25, -0.2) is 4.39 Å². The third-order valence-corrected chi connectivity index (χ3v) is 2.45.